The molecular weight excluding hydrogens is 792 g/mol. The smallest absolute Gasteiger partial charge is 0.448 e. The Hall–Kier alpha value is -7.05. The van der Waals surface area contributed by atoms with Crippen LogP contribution in [-0.2, 0) is 57.1 Å². The molecule has 0 fully saturated rings. The monoisotopic (exact) mass is 837 g/mol. The third-order valence-electron chi connectivity index (χ3n) is 7.31. The van der Waals surface area contributed by atoms with Crippen LogP contribution in [0.1, 0.15) is 62.2 Å². The minimum atomic E-state index is -1.47. The first-order valence-electron chi connectivity index (χ1n) is 17.7. The van der Waals surface area contributed by atoms with Gasteiger partial charge in [0.15, 0.2) is 0 Å². The van der Waals surface area contributed by atoms with E-state index in [-0.39, 0.29) is 68.9 Å². The number of hydrogen-bond donors (Lipinski definition) is 2. The number of carbonyl (C=O) groups is 8. The van der Waals surface area contributed by atoms with Crippen LogP contribution >= 0.6 is 0 Å². The van der Waals surface area contributed by atoms with E-state index in [2.05, 4.69) is 33.2 Å². The molecule has 2 unspecified atom stereocenters. The number of aliphatic hydroxyl groups excluding tert-OH is 2. The second-order valence-electron chi connectivity index (χ2n) is 12.7. The number of aliphatic hydroxyl groups is 2. The molecule has 0 aliphatic heterocycles. The lowest BCUT2D eigenvalue weighted by Gasteiger charge is -2.15. The summed E-state index contributed by atoms with van der Waals surface area (Å²) >= 11 is 0. The van der Waals surface area contributed by atoms with E-state index in [0.29, 0.717) is 0 Å². The Morgan fingerprint density at radius 3 is 1.12 bits per heavy atom. The Labute approximate surface area is 344 Å². The first-order chi connectivity index (χ1) is 28.2. The van der Waals surface area contributed by atoms with Crippen molar-refractivity contribution in [1.29, 1.82) is 0 Å². The highest BCUT2D eigenvalue weighted by Gasteiger charge is 2.26. The molecule has 18 heteroatoms. The summed E-state index contributed by atoms with van der Waals surface area (Å²) in [5.74, 6) is -7.53. The number of carbonyl (C=O) groups excluding carboxylic acids is 8. The maximum Gasteiger partial charge on any atom is 0.448 e. The number of benzene rings is 2. The molecule has 0 saturated heterocycles. The van der Waals surface area contributed by atoms with Gasteiger partial charge in [0, 0.05) is 30.2 Å². The standard InChI is InChI=1S/C42H45O18/c1-23(2)35(45)53-13-15-55-41(51)33-17-27(9-11-31(33)39(49)59-21-29(43)19-57-37(47)25(5)6)28-10-12-32(40(50)60-22-30(44)20-58-38(48)26(7)8)34(18-28)42(52)56-16-14-54-36(46)24(3)4/h9-12,17-18,29-30,43-44H,1,3,5-7,13-16,19-22H2,2,4,8H3/q+1. The lowest BCUT2D eigenvalue weighted by Crippen LogP contribution is -2.26. The van der Waals surface area contributed by atoms with Crippen LogP contribution in [0.5, 0.6) is 0 Å². The van der Waals surface area contributed by atoms with Gasteiger partial charge in [-0.25, -0.2) is 33.6 Å². The molecule has 2 aromatic carbocycles. The molecule has 0 aliphatic rings. The highest BCUT2D eigenvalue weighted by molar-refractivity contribution is 6.06. The summed E-state index contributed by atoms with van der Waals surface area (Å²) < 4.78 is 40.3. The first kappa shape index (κ1) is 49.1. The van der Waals surface area contributed by atoms with Crippen molar-refractivity contribution >= 4 is 47.8 Å². The predicted octanol–water partition coefficient (Wildman–Crippen LogP) is 2.99. The second kappa shape index (κ2) is 24.0. The van der Waals surface area contributed by atoms with Crippen molar-refractivity contribution in [1.82, 2.24) is 0 Å². The maximum absolute atomic E-state index is 13.4. The molecule has 2 aromatic rings. The van der Waals surface area contributed by atoms with Crippen molar-refractivity contribution in [3.05, 3.63) is 114 Å². The van der Waals surface area contributed by atoms with Gasteiger partial charge in [0.05, 0.1) is 22.3 Å². The Morgan fingerprint density at radius 2 is 0.767 bits per heavy atom. The molecule has 0 amide bonds. The minimum Gasteiger partial charge on any atom is -0.459 e. The van der Waals surface area contributed by atoms with Crippen LogP contribution < -0.4 is 0 Å². The van der Waals surface area contributed by atoms with Gasteiger partial charge < -0.3 is 48.1 Å². The van der Waals surface area contributed by atoms with E-state index in [1.54, 1.807) is 0 Å². The van der Waals surface area contributed by atoms with E-state index in [1.807, 2.05) is 0 Å². The van der Waals surface area contributed by atoms with Crippen LogP contribution in [0.4, 0.5) is 0 Å². The molecule has 320 valence electrons. The van der Waals surface area contributed by atoms with Crippen molar-refractivity contribution in [3.8, 4) is 11.1 Å². The van der Waals surface area contributed by atoms with Gasteiger partial charge in [0.2, 0.25) is 5.57 Å². The highest BCUT2D eigenvalue weighted by atomic mass is 16.6. The molecule has 0 spiro atoms. The van der Waals surface area contributed by atoms with E-state index < -0.39 is 99.6 Å². The van der Waals surface area contributed by atoms with Gasteiger partial charge in [-0.2, -0.15) is 4.79 Å². The Balaban J connectivity index is 2.49. The van der Waals surface area contributed by atoms with E-state index in [4.69, 9.17) is 37.9 Å². The average molecular weight is 838 g/mol. The molecule has 2 atom stereocenters. The van der Waals surface area contributed by atoms with E-state index in [9.17, 15) is 48.6 Å². The zero-order valence-corrected chi connectivity index (χ0v) is 33.2. The van der Waals surface area contributed by atoms with Crippen molar-refractivity contribution in [2.75, 3.05) is 52.9 Å². The van der Waals surface area contributed by atoms with Gasteiger partial charge in [-0.3, -0.25) is 0 Å². The van der Waals surface area contributed by atoms with Crippen LogP contribution in [0.3, 0.4) is 0 Å². The summed E-state index contributed by atoms with van der Waals surface area (Å²) in [7, 11) is 0. The minimum absolute atomic E-state index is 0.0749. The van der Waals surface area contributed by atoms with Gasteiger partial charge in [0.1, 0.15) is 65.1 Å². The first-order valence-corrected chi connectivity index (χ1v) is 17.7. The Kier molecular flexibility index (Phi) is 19.6. The molecule has 0 aromatic heterocycles. The lowest BCUT2D eigenvalue weighted by atomic mass is 9.95. The average Bonchev–Trinajstić information content (AvgIpc) is 3.21. The molecule has 0 bridgehead atoms. The van der Waals surface area contributed by atoms with E-state index >= 15 is 0 Å². The van der Waals surface area contributed by atoms with Gasteiger partial charge in [-0.05, 0) is 56.2 Å². The van der Waals surface area contributed by atoms with Crippen molar-refractivity contribution < 1.29 is 86.5 Å². The summed E-state index contributed by atoms with van der Waals surface area (Å²) in [4.78, 5) is 99.9. The molecule has 0 radical (unpaired) electrons. The van der Waals surface area contributed by atoms with Crippen LogP contribution in [0, 0.1) is 6.92 Å². The fourth-order valence-electron chi connectivity index (χ4n) is 4.25. The van der Waals surface area contributed by atoms with Crippen molar-refractivity contribution in [2.24, 2.45) is 0 Å². The van der Waals surface area contributed by atoms with Crippen molar-refractivity contribution in [3.63, 3.8) is 0 Å². The highest BCUT2D eigenvalue weighted by Crippen LogP contribution is 2.27. The topological polar surface area (TPSA) is 251 Å². The predicted molar refractivity (Wildman–Crippen MR) is 208 cm³/mol. The second-order valence-corrected chi connectivity index (χ2v) is 12.7. The molecule has 18 nitrogen and oxygen atoms in total. The third-order valence-corrected chi connectivity index (χ3v) is 7.31. The van der Waals surface area contributed by atoms with Crippen LogP contribution in [0.15, 0.2) is 85.0 Å². The van der Waals surface area contributed by atoms with Crippen LogP contribution in [-0.4, -0.2) is 123 Å². The fraction of sp³-hybridized carbons (Fsp3) is 0.310. The number of ether oxygens (including phenoxy) is 8. The number of hydrogen-bond acceptors (Lipinski definition) is 18. The summed E-state index contributed by atoms with van der Waals surface area (Å²) in [6.45, 7) is 17.1. The molecule has 60 heavy (non-hydrogen) atoms. The quantitative estimate of drug-likeness (QED) is 0.0536. The molecule has 2 rings (SSSR count). The molecule has 0 heterocycles. The number of rotatable bonds is 23. The largest absolute Gasteiger partial charge is 0.459 e. The summed E-state index contributed by atoms with van der Waals surface area (Å²) in [5, 5.41) is 20.4. The molecule has 0 saturated carbocycles. The zero-order chi connectivity index (χ0) is 45.1. The Morgan fingerprint density at radius 1 is 0.467 bits per heavy atom. The van der Waals surface area contributed by atoms with Crippen molar-refractivity contribution in [2.45, 2.75) is 33.0 Å². The van der Waals surface area contributed by atoms with Gasteiger partial charge >= 0.3 is 47.8 Å². The SMILES string of the molecule is C=C([CH2+])C(=O)OCC(O)COC(=O)c1ccc(-c2ccc(C(=O)OCC(O)COC(=O)C(=C)C)c(C(=O)OCCOC(=O)C(=C)C)c2)cc1C(=O)OCCOC(=O)C(=C)C. The molecule has 0 aliphatic carbocycles. The summed E-state index contributed by atoms with van der Waals surface area (Å²) in [6, 6.07) is 7.44. The zero-order valence-electron chi connectivity index (χ0n) is 33.2. The van der Waals surface area contributed by atoms with E-state index in [1.165, 1.54) is 57.2 Å². The normalized spacial score (nSPS) is 11.3. The van der Waals surface area contributed by atoms with Gasteiger partial charge in [-0.1, -0.05) is 31.9 Å². The van der Waals surface area contributed by atoms with Crippen LogP contribution in [0.2, 0.25) is 0 Å². The lowest BCUT2D eigenvalue weighted by molar-refractivity contribution is -0.143. The number of esters is 8. The fourth-order valence-corrected chi connectivity index (χ4v) is 4.25. The summed E-state index contributed by atoms with van der Waals surface area (Å²) in [5.41, 5.74) is -1.02. The summed E-state index contributed by atoms with van der Waals surface area (Å²) in [6.07, 6.45) is -2.92. The van der Waals surface area contributed by atoms with Gasteiger partial charge in [0.25, 0.3) is 0 Å². The maximum atomic E-state index is 13.4. The van der Waals surface area contributed by atoms with E-state index in [0.717, 1.165) is 0 Å². The molecular formula is C42H45O18+. The van der Waals surface area contributed by atoms with Crippen LogP contribution in [0.25, 0.3) is 11.1 Å². The Bertz CT molecular complexity index is 1880. The third kappa shape index (κ3) is 16.1. The van der Waals surface area contributed by atoms with Gasteiger partial charge in [-0.15, -0.1) is 0 Å². The molecule has 2 N–H and O–H groups in total.